The van der Waals surface area contributed by atoms with Gasteiger partial charge in [-0.2, -0.15) is 0 Å². The normalized spacial score (nSPS) is 11.3. The lowest BCUT2D eigenvalue weighted by Gasteiger charge is -2.09. The van der Waals surface area contributed by atoms with E-state index in [1.807, 2.05) is 60.8 Å². The van der Waals surface area contributed by atoms with Crippen molar-refractivity contribution in [1.29, 1.82) is 0 Å². The summed E-state index contributed by atoms with van der Waals surface area (Å²) in [6.45, 7) is 0.729. The Labute approximate surface area is 242 Å². The van der Waals surface area contributed by atoms with Crippen molar-refractivity contribution in [1.82, 2.24) is 4.57 Å². The van der Waals surface area contributed by atoms with Gasteiger partial charge in [0.2, 0.25) is 0 Å². The monoisotopic (exact) mass is 579 g/mol. The fourth-order valence-electron chi connectivity index (χ4n) is 4.52. The Hall–Kier alpha value is -4.30. The van der Waals surface area contributed by atoms with Gasteiger partial charge >= 0.3 is 11.9 Å². The van der Waals surface area contributed by atoms with Crippen LogP contribution in [0.4, 0.5) is 4.39 Å². The van der Waals surface area contributed by atoms with Crippen LogP contribution in [0.5, 0.6) is 11.5 Å². The summed E-state index contributed by atoms with van der Waals surface area (Å²) in [5.74, 6) is -1.12. The van der Waals surface area contributed by atoms with E-state index >= 15 is 0 Å². The Kier molecular flexibility index (Phi) is 10.4. The van der Waals surface area contributed by atoms with E-state index in [-0.39, 0.29) is 13.0 Å². The number of aryl methyl sites for hydroxylation is 1. The molecule has 2 N–H and O–H groups in total. The van der Waals surface area contributed by atoms with Gasteiger partial charge in [-0.3, -0.25) is 9.59 Å². The summed E-state index contributed by atoms with van der Waals surface area (Å²) >= 11 is 6.00. The molecule has 3 aromatic carbocycles. The Balaban J connectivity index is 1.34. The van der Waals surface area contributed by atoms with Crippen molar-refractivity contribution >= 4 is 46.6 Å². The first-order valence-corrected chi connectivity index (χ1v) is 13.7. The van der Waals surface area contributed by atoms with Gasteiger partial charge in [0, 0.05) is 24.1 Å². The number of fused-ring (bicyclic) bond motifs is 1. The number of carboxylic acid groups (broad SMARTS) is 2. The van der Waals surface area contributed by atoms with Crippen LogP contribution in [0, 0.1) is 5.82 Å². The minimum atomic E-state index is -0.947. The van der Waals surface area contributed by atoms with Crippen molar-refractivity contribution in [3.8, 4) is 11.5 Å². The van der Waals surface area contributed by atoms with E-state index in [9.17, 15) is 19.1 Å². The molecule has 4 rings (SSSR count). The number of ether oxygens (including phenoxy) is 2. The molecule has 214 valence electrons. The lowest BCUT2D eigenvalue weighted by atomic mass is 10.0. The van der Waals surface area contributed by atoms with Crippen LogP contribution in [0.15, 0.2) is 66.9 Å². The Morgan fingerprint density at radius 2 is 1.66 bits per heavy atom. The molecule has 0 unspecified atom stereocenters. The third kappa shape index (κ3) is 8.59. The SMILES string of the molecule is O=C(O)CCCc1cn(CC(=O)O)c2c(C=Cc3ccc(OCCCCOc4cc(F)ccc4Cl)cc3)cccc12. The summed E-state index contributed by atoms with van der Waals surface area (Å²) in [6.07, 6.45) is 8.29. The van der Waals surface area contributed by atoms with Crippen LogP contribution < -0.4 is 9.47 Å². The van der Waals surface area contributed by atoms with Crippen LogP contribution >= 0.6 is 11.6 Å². The Morgan fingerprint density at radius 1 is 0.902 bits per heavy atom. The van der Waals surface area contributed by atoms with Gasteiger partial charge in [0.05, 0.1) is 23.8 Å². The molecular formula is C32H31ClFNO6. The predicted octanol–water partition coefficient (Wildman–Crippen LogP) is 7.33. The highest BCUT2D eigenvalue weighted by Gasteiger charge is 2.13. The molecule has 4 aromatic rings. The molecule has 1 heterocycles. The average Bonchev–Trinajstić information content (AvgIpc) is 3.28. The van der Waals surface area contributed by atoms with Crippen molar-refractivity contribution in [2.75, 3.05) is 13.2 Å². The molecule has 0 spiro atoms. The molecular weight excluding hydrogens is 549 g/mol. The number of unbranched alkanes of at least 4 members (excludes halogenated alkanes) is 1. The number of carboxylic acids is 2. The number of aliphatic carboxylic acids is 2. The maximum absolute atomic E-state index is 13.3. The van der Waals surface area contributed by atoms with E-state index in [4.69, 9.17) is 26.2 Å². The van der Waals surface area contributed by atoms with E-state index in [1.54, 1.807) is 4.57 Å². The van der Waals surface area contributed by atoms with Gasteiger partial charge in [0.1, 0.15) is 23.9 Å². The number of rotatable bonds is 15. The third-order valence-electron chi connectivity index (χ3n) is 6.45. The lowest BCUT2D eigenvalue weighted by molar-refractivity contribution is -0.138. The third-order valence-corrected chi connectivity index (χ3v) is 6.76. The topological polar surface area (TPSA) is 98.0 Å². The summed E-state index contributed by atoms with van der Waals surface area (Å²) < 4.78 is 26.4. The van der Waals surface area contributed by atoms with Crippen molar-refractivity contribution < 1.29 is 33.7 Å². The van der Waals surface area contributed by atoms with Gasteiger partial charge in [0.15, 0.2) is 0 Å². The van der Waals surface area contributed by atoms with Crippen molar-refractivity contribution in [3.63, 3.8) is 0 Å². The number of para-hydroxylation sites is 1. The van der Waals surface area contributed by atoms with Gasteiger partial charge in [-0.1, -0.05) is 54.1 Å². The number of nitrogens with zero attached hydrogens (tertiary/aromatic N) is 1. The molecule has 0 aliphatic heterocycles. The highest BCUT2D eigenvalue weighted by molar-refractivity contribution is 6.32. The molecule has 7 nitrogen and oxygen atoms in total. The molecule has 0 fully saturated rings. The van der Waals surface area contributed by atoms with E-state index in [1.165, 1.54) is 18.2 Å². The number of halogens is 2. The maximum Gasteiger partial charge on any atom is 0.323 e. The van der Waals surface area contributed by atoms with Crippen LogP contribution in [-0.4, -0.2) is 39.9 Å². The second-order valence-electron chi connectivity index (χ2n) is 9.55. The molecule has 1 aromatic heterocycles. The summed E-state index contributed by atoms with van der Waals surface area (Å²) in [7, 11) is 0. The second kappa shape index (κ2) is 14.4. The van der Waals surface area contributed by atoms with E-state index in [2.05, 4.69) is 0 Å². The molecule has 0 amide bonds. The Bertz CT molecular complexity index is 1530. The molecule has 9 heteroatoms. The lowest BCUT2D eigenvalue weighted by Crippen LogP contribution is -2.07. The largest absolute Gasteiger partial charge is 0.494 e. The second-order valence-corrected chi connectivity index (χ2v) is 9.96. The zero-order valence-corrected chi connectivity index (χ0v) is 23.1. The van der Waals surface area contributed by atoms with Gasteiger partial charge in [-0.25, -0.2) is 4.39 Å². The summed E-state index contributed by atoms with van der Waals surface area (Å²) in [5, 5.41) is 19.7. The van der Waals surface area contributed by atoms with Gasteiger partial charge in [0.25, 0.3) is 0 Å². The number of benzene rings is 3. The van der Waals surface area contributed by atoms with Gasteiger partial charge < -0.3 is 24.3 Å². The molecule has 0 bridgehead atoms. The maximum atomic E-state index is 13.3. The smallest absolute Gasteiger partial charge is 0.323 e. The summed E-state index contributed by atoms with van der Waals surface area (Å²) in [4.78, 5) is 22.4. The summed E-state index contributed by atoms with van der Waals surface area (Å²) in [6, 6.07) is 17.5. The fraction of sp³-hybridized carbons (Fsp3) is 0.250. The zero-order chi connectivity index (χ0) is 29.2. The number of hydrogen-bond acceptors (Lipinski definition) is 4. The fourth-order valence-corrected chi connectivity index (χ4v) is 4.69. The standard InChI is InChI=1S/C32H31ClFNO6/c33-28-16-13-25(34)19-29(28)41-18-2-1-17-40-26-14-10-22(11-15-26)9-12-23-5-3-7-27-24(6-4-8-30(36)37)20-35(32(23)27)21-31(38)39/h3,5,7,9-16,19-20H,1-2,4,6,8,17-18,21H2,(H,36,37)(H,38,39). The highest BCUT2D eigenvalue weighted by atomic mass is 35.5. The van der Waals surface area contributed by atoms with E-state index in [0.717, 1.165) is 46.2 Å². The number of carbonyl (C=O) groups is 2. The molecule has 0 saturated carbocycles. The first-order chi connectivity index (χ1) is 19.8. The molecule has 0 atom stereocenters. The van der Waals surface area contributed by atoms with Crippen molar-refractivity contribution in [2.24, 2.45) is 0 Å². The zero-order valence-electron chi connectivity index (χ0n) is 22.4. The van der Waals surface area contributed by atoms with Crippen LogP contribution in [0.3, 0.4) is 0 Å². The Morgan fingerprint density at radius 3 is 2.39 bits per heavy atom. The minimum Gasteiger partial charge on any atom is -0.494 e. The number of hydrogen-bond donors (Lipinski definition) is 2. The van der Waals surface area contributed by atoms with Crippen LogP contribution in [-0.2, 0) is 22.6 Å². The summed E-state index contributed by atoms with van der Waals surface area (Å²) in [5.41, 5.74) is 3.56. The quantitative estimate of drug-likeness (QED) is 0.113. The van der Waals surface area contributed by atoms with E-state index < -0.39 is 17.8 Å². The predicted molar refractivity (Wildman–Crippen MR) is 157 cm³/mol. The average molecular weight is 580 g/mol. The minimum absolute atomic E-state index is 0.0607. The molecule has 41 heavy (non-hydrogen) atoms. The first-order valence-electron chi connectivity index (χ1n) is 13.3. The van der Waals surface area contributed by atoms with Crippen molar-refractivity contribution in [2.45, 2.75) is 38.6 Å². The van der Waals surface area contributed by atoms with Crippen LogP contribution in [0.25, 0.3) is 23.1 Å². The number of aromatic nitrogens is 1. The molecule has 0 saturated heterocycles. The molecule has 0 radical (unpaired) electrons. The molecule has 0 aliphatic carbocycles. The van der Waals surface area contributed by atoms with E-state index in [0.29, 0.717) is 36.8 Å². The van der Waals surface area contributed by atoms with Gasteiger partial charge in [-0.05, 0) is 66.6 Å². The molecule has 0 aliphatic rings. The van der Waals surface area contributed by atoms with Crippen LogP contribution in [0.1, 0.15) is 42.4 Å². The van der Waals surface area contributed by atoms with Crippen molar-refractivity contribution in [3.05, 3.63) is 94.4 Å². The van der Waals surface area contributed by atoms with Gasteiger partial charge in [-0.15, -0.1) is 0 Å². The first kappa shape index (κ1) is 29.7. The highest BCUT2D eigenvalue weighted by Crippen LogP contribution is 2.28. The van der Waals surface area contributed by atoms with Crippen LogP contribution in [0.2, 0.25) is 5.02 Å².